The number of aliphatic hydroxyl groups is 1. The zero-order chi connectivity index (χ0) is 15.6. The highest BCUT2D eigenvalue weighted by atomic mass is 19.4. The lowest BCUT2D eigenvalue weighted by Crippen LogP contribution is -2.37. The summed E-state index contributed by atoms with van der Waals surface area (Å²) in [6, 6.07) is 5.04. The van der Waals surface area contributed by atoms with E-state index in [9.17, 15) is 18.3 Å². The number of hydrogen-bond donors (Lipinski definition) is 2. The van der Waals surface area contributed by atoms with Gasteiger partial charge in [0.15, 0.2) is 0 Å². The first-order chi connectivity index (χ1) is 9.13. The molecular weight excluding hydrogens is 267 g/mol. The largest absolute Gasteiger partial charge is 0.416 e. The molecule has 5 heteroatoms. The van der Waals surface area contributed by atoms with Crippen LogP contribution >= 0.6 is 0 Å². The van der Waals surface area contributed by atoms with E-state index in [1.165, 1.54) is 6.07 Å². The van der Waals surface area contributed by atoms with Gasteiger partial charge in [-0.25, -0.2) is 0 Å². The fourth-order valence-corrected chi connectivity index (χ4v) is 2.15. The van der Waals surface area contributed by atoms with Gasteiger partial charge in [-0.1, -0.05) is 39.0 Å². The Morgan fingerprint density at radius 2 is 1.85 bits per heavy atom. The molecule has 0 saturated heterocycles. The molecule has 1 aromatic carbocycles. The Morgan fingerprint density at radius 1 is 1.25 bits per heavy atom. The molecule has 1 rings (SSSR count). The van der Waals surface area contributed by atoms with Crippen LogP contribution in [0.1, 0.15) is 44.2 Å². The number of alkyl halides is 3. The summed E-state index contributed by atoms with van der Waals surface area (Å²) in [4.78, 5) is 0. The summed E-state index contributed by atoms with van der Waals surface area (Å²) < 4.78 is 38.2. The Balaban J connectivity index is 3.14. The van der Waals surface area contributed by atoms with Crippen LogP contribution in [0.15, 0.2) is 24.3 Å². The van der Waals surface area contributed by atoms with Gasteiger partial charge in [-0.15, -0.1) is 0 Å². The van der Waals surface area contributed by atoms with E-state index >= 15 is 0 Å². The van der Waals surface area contributed by atoms with Crippen molar-refractivity contribution >= 4 is 0 Å². The molecule has 0 radical (unpaired) electrons. The van der Waals surface area contributed by atoms with Gasteiger partial charge in [0.1, 0.15) is 0 Å². The molecule has 114 valence electrons. The first-order valence-electron chi connectivity index (χ1n) is 6.68. The van der Waals surface area contributed by atoms with Crippen molar-refractivity contribution in [1.29, 1.82) is 0 Å². The minimum Gasteiger partial charge on any atom is -0.392 e. The van der Waals surface area contributed by atoms with Crippen LogP contribution in [0, 0.1) is 5.41 Å². The van der Waals surface area contributed by atoms with Gasteiger partial charge in [0.2, 0.25) is 0 Å². The molecule has 2 atom stereocenters. The molecule has 2 nitrogen and oxygen atoms in total. The van der Waals surface area contributed by atoms with Crippen LogP contribution < -0.4 is 5.73 Å². The van der Waals surface area contributed by atoms with Gasteiger partial charge < -0.3 is 10.8 Å². The van der Waals surface area contributed by atoms with E-state index in [-0.39, 0.29) is 6.54 Å². The monoisotopic (exact) mass is 289 g/mol. The van der Waals surface area contributed by atoms with Crippen molar-refractivity contribution in [2.45, 2.75) is 45.4 Å². The topological polar surface area (TPSA) is 46.2 Å². The number of nitrogens with two attached hydrogens (primary N) is 1. The molecule has 0 aliphatic carbocycles. The number of halogens is 3. The van der Waals surface area contributed by atoms with Crippen LogP contribution in [0.25, 0.3) is 0 Å². The van der Waals surface area contributed by atoms with Gasteiger partial charge in [-0.05, 0) is 23.5 Å². The first kappa shape index (κ1) is 17.0. The summed E-state index contributed by atoms with van der Waals surface area (Å²) in [5.74, 6) is -0.507. The molecule has 3 N–H and O–H groups in total. The van der Waals surface area contributed by atoms with Gasteiger partial charge in [-0.2, -0.15) is 13.2 Å². The van der Waals surface area contributed by atoms with E-state index < -0.39 is 29.2 Å². The molecule has 0 fully saturated rings. The Morgan fingerprint density at radius 3 is 2.30 bits per heavy atom. The second-order valence-electron chi connectivity index (χ2n) is 5.75. The predicted molar refractivity (Wildman–Crippen MR) is 73.3 cm³/mol. The molecule has 0 aromatic heterocycles. The second kappa shape index (κ2) is 6.14. The fourth-order valence-electron chi connectivity index (χ4n) is 2.15. The minimum absolute atomic E-state index is 0.103. The molecule has 2 unspecified atom stereocenters. The number of rotatable bonds is 5. The average Bonchev–Trinajstić information content (AvgIpc) is 2.39. The van der Waals surface area contributed by atoms with Crippen LogP contribution in [0.4, 0.5) is 13.2 Å². The predicted octanol–water partition coefficient (Wildman–Crippen LogP) is 3.54. The van der Waals surface area contributed by atoms with E-state index in [4.69, 9.17) is 5.73 Å². The average molecular weight is 289 g/mol. The van der Waals surface area contributed by atoms with E-state index in [1.54, 1.807) is 6.07 Å². The van der Waals surface area contributed by atoms with E-state index in [0.717, 1.165) is 12.1 Å². The summed E-state index contributed by atoms with van der Waals surface area (Å²) in [5.41, 5.74) is 4.98. The molecule has 0 amide bonds. The molecule has 0 bridgehead atoms. The van der Waals surface area contributed by atoms with Gasteiger partial charge in [0.25, 0.3) is 0 Å². The zero-order valence-corrected chi connectivity index (χ0v) is 12.0. The fraction of sp³-hybridized carbons (Fsp3) is 0.600. The highest BCUT2D eigenvalue weighted by Crippen LogP contribution is 2.36. The van der Waals surface area contributed by atoms with Crippen molar-refractivity contribution in [3.8, 4) is 0 Å². The van der Waals surface area contributed by atoms with Crippen molar-refractivity contribution in [2.75, 3.05) is 6.54 Å². The van der Waals surface area contributed by atoms with Gasteiger partial charge in [0, 0.05) is 12.5 Å². The normalized spacial score (nSPS) is 16.0. The summed E-state index contributed by atoms with van der Waals surface area (Å²) in [6.45, 7) is 5.80. The third-order valence-electron chi connectivity index (χ3n) is 3.99. The number of benzene rings is 1. The lowest BCUT2D eigenvalue weighted by Gasteiger charge is -2.35. The molecule has 0 spiro atoms. The zero-order valence-electron chi connectivity index (χ0n) is 12.0. The van der Waals surface area contributed by atoms with Crippen molar-refractivity contribution in [2.24, 2.45) is 11.1 Å². The van der Waals surface area contributed by atoms with E-state index in [2.05, 4.69) is 0 Å². The summed E-state index contributed by atoms with van der Waals surface area (Å²) in [7, 11) is 0. The van der Waals surface area contributed by atoms with Crippen LogP contribution in [-0.4, -0.2) is 17.8 Å². The maximum atomic E-state index is 12.7. The third kappa shape index (κ3) is 3.73. The second-order valence-corrected chi connectivity index (χ2v) is 5.75. The van der Waals surface area contributed by atoms with Crippen molar-refractivity contribution in [3.05, 3.63) is 35.4 Å². The summed E-state index contributed by atoms with van der Waals surface area (Å²) in [6.07, 6.45) is -4.47. The lowest BCUT2D eigenvalue weighted by molar-refractivity contribution is -0.137. The first-order valence-corrected chi connectivity index (χ1v) is 6.68. The summed E-state index contributed by atoms with van der Waals surface area (Å²) >= 11 is 0. The number of hydrogen-bond acceptors (Lipinski definition) is 2. The maximum absolute atomic E-state index is 12.7. The Labute approximate surface area is 117 Å². The Kier molecular flexibility index (Phi) is 5.21. The molecule has 1 aromatic rings. The highest BCUT2D eigenvalue weighted by Gasteiger charge is 2.35. The molecule has 0 aliphatic rings. The maximum Gasteiger partial charge on any atom is 0.416 e. The van der Waals surface area contributed by atoms with E-state index in [1.807, 2.05) is 20.8 Å². The Hall–Kier alpha value is -1.07. The molecular formula is C15H22F3NO. The van der Waals surface area contributed by atoms with Crippen LogP contribution in [0.3, 0.4) is 0 Å². The molecule has 0 aliphatic heterocycles. The van der Waals surface area contributed by atoms with Crippen molar-refractivity contribution in [1.82, 2.24) is 0 Å². The van der Waals surface area contributed by atoms with E-state index in [0.29, 0.717) is 12.0 Å². The standard InChI is InChI=1S/C15H22F3NO/c1-4-14(2,3)13(20)12(9-19)10-6-5-7-11(8-10)15(16,17)18/h5-8,12-13,20H,4,9,19H2,1-3H3. The van der Waals surface area contributed by atoms with Gasteiger partial charge >= 0.3 is 6.18 Å². The summed E-state index contributed by atoms with van der Waals surface area (Å²) in [5, 5.41) is 10.4. The third-order valence-corrected chi connectivity index (χ3v) is 3.99. The smallest absolute Gasteiger partial charge is 0.392 e. The molecule has 0 saturated carbocycles. The SMILES string of the molecule is CCC(C)(C)C(O)C(CN)c1cccc(C(F)(F)F)c1. The lowest BCUT2D eigenvalue weighted by atomic mass is 9.75. The van der Waals surface area contributed by atoms with Gasteiger partial charge in [-0.3, -0.25) is 0 Å². The minimum atomic E-state index is -4.39. The van der Waals surface area contributed by atoms with Crippen molar-refractivity contribution in [3.63, 3.8) is 0 Å². The van der Waals surface area contributed by atoms with Crippen LogP contribution in [-0.2, 0) is 6.18 Å². The van der Waals surface area contributed by atoms with Gasteiger partial charge in [0.05, 0.1) is 11.7 Å². The van der Waals surface area contributed by atoms with Crippen molar-refractivity contribution < 1.29 is 18.3 Å². The van der Waals surface area contributed by atoms with Crippen LogP contribution in [0.2, 0.25) is 0 Å². The number of aliphatic hydroxyl groups excluding tert-OH is 1. The quantitative estimate of drug-likeness (QED) is 0.871. The van der Waals surface area contributed by atoms with Crippen LogP contribution in [0.5, 0.6) is 0 Å². The molecule has 20 heavy (non-hydrogen) atoms. The molecule has 0 heterocycles. The highest BCUT2D eigenvalue weighted by molar-refractivity contribution is 5.29. The Bertz CT molecular complexity index is 443.